The summed E-state index contributed by atoms with van der Waals surface area (Å²) in [6.07, 6.45) is 11.4. The number of terminal acetylenes is 1. The molecule has 0 N–H and O–H groups in total. The monoisotopic (exact) mass is 182 g/mol. The third-order valence-corrected chi connectivity index (χ3v) is 2.05. The number of hydrogen-bond donors (Lipinski definition) is 0. The lowest BCUT2D eigenvalue weighted by atomic mass is 10.1. The Kier molecular flexibility index (Phi) is 2.33. The normalized spacial score (nSPS) is 9.64. The number of imidazole rings is 1. The molecule has 2 aromatic rings. The predicted molar refractivity (Wildman–Crippen MR) is 56.1 cm³/mol. The minimum atomic E-state index is 0.685. The van der Waals surface area contributed by atoms with Crippen molar-refractivity contribution in [2.24, 2.45) is 0 Å². The zero-order valence-electron chi connectivity index (χ0n) is 7.72. The molecule has 0 saturated heterocycles. The minimum absolute atomic E-state index is 0.685. The zero-order valence-corrected chi connectivity index (χ0v) is 7.72. The Hall–Kier alpha value is -2.01. The van der Waals surface area contributed by atoms with E-state index in [1.807, 2.05) is 35.0 Å². The molecule has 0 atom stereocenters. The topological polar surface area (TPSA) is 17.8 Å². The van der Waals surface area contributed by atoms with E-state index in [2.05, 4.69) is 10.9 Å². The molecule has 0 spiro atoms. The van der Waals surface area contributed by atoms with Crippen LogP contribution in [0.2, 0.25) is 0 Å². The first kappa shape index (κ1) is 8.58. The number of aromatic nitrogens is 2. The molecule has 0 bridgehead atoms. The first-order valence-electron chi connectivity index (χ1n) is 4.41. The third kappa shape index (κ3) is 1.67. The molecule has 14 heavy (non-hydrogen) atoms. The fourth-order valence-electron chi connectivity index (χ4n) is 1.32. The van der Waals surface area contributed by atoms with Crippen LogP contribution in [0.3, 0.4) is 0 Å². The highest BCUT2D eigenvalue weighted by Gasteiger charge is 1.94. The molecule has 0 aliphatic carbocycles. The Morgan fingerprint density at radius 2 is 2.07 bits per heavy atom. The Balaban J connectivity index is 2.27. The van der Waals surface area contributed by atoms with Gasteiger partial charge in [-0.1, -0.05) is 12.1 Å². The third-order valence-electron chi connectivity index (χ3n) is 2.05. The molecule has 0 aliphatic rings. The highest BCUT2D eigenvalue weighted by Crippen LogP contribution is 2.09. The van der Waals surface area contributed by atoms with Crippen molar-refractivity contribution in [3.8, 4) is 18.0 Å². The number of benzene rings is 1. The molecule has 0 aliphatic heterocycles. The maximum Gasteiger partial charge on any atom is 0.0991 e. The maximum atomic E-state index is 5.23. The van der Waals surface area contributed by atoms with E-state index in [-0.39, 0.29) is 0 Å². The van der Waals surface area contributed by atoms with Crippen LogP contribution in [-0.4, -0.2) is 9.55 Å². The molecule has 0 amide bonds. The van der Waals surface area contributed by atoms with E-state index in [1.54, 1.807) is 12.5 Å². The van der Waals surface area contributed by atoms with E-state index < -0.39 is 0 Å². The van der Waals surface area contributed by atoms with E-state index in [0.717, 1.165) is 11.3 Å². The van der Waals surface area contributed by atoms with Gasteiger partial charge < -0.3 is 4.57 Å². The van der Waals surface area contributed by atoms with Gasteiger partial charge in [-0.2, -0.15) is 0 Å². The molecule has 0 saturated carbocycles. The van der Waals surface area contributed by atoms with Gasteiger partial charge in [0.05, 0.1) is 6.33 Å². The predicted octanol–water partition coefficient (Wildman–Crippen LogP) is 2.05. The summed E-state index contributed by atoms with van der Waals surface area (Å²) in [6.45, 7) is 0. The lowest BCUT2D eigenvalue weighted by Gasteiger charge is -2.02. The van der Waals surface area contributed by atoms with Crippen LogP contribution in [0.25, 0.3) is 5.69 Å². The molecular formula is C12H10N2. The largest absolute Gasteiger partial charge is 0.306 e. The standard InChI is InChI=1S/C12H10N2/c1-2-3-11-4-6-12(7-5-11)14-9-8-13-10-14/h1,4-10H,3H2. The van der Waals surface area contributed by atoms with E-state index in [1.165, 1.54) is 0 Å². The minimum Gasteiger partial charge on any atom is -0.306 e. The molecule has 1 heterocycles. The average molecular weight is 182 g/mol. The first-order valence-corrected chi connectivity index (χ1v) is 4.41. The number of hydrogen-bond acceptors (Lipinski definition) is 1. The van der Waals surface area contributed by atoms with Crippen LogP contribution in [0.5, 0.6) is 0 Å². The van der Waals surface area contributed by atoms with Crippen LogP contribution in [0.4, 0.5) is 0 Å². The molecular weight excluding hydrogens is 172 g/mol. The molecule has 0 radical (unpaired) electrons. The van der Waals surface area contributed by atoms with Crippen LogP contribution >= 0.6 is 0 Å². The fourth-order valence-corrected chi connectivity index (χ4v) is 1.32. The quantitative estimate of drug-likeness (QED) is 0.650. The van der Waals surface area contributed by atoms with Crippen molar-refractivity contribution in [2.45, 2.75) is 6.42 Å². The van der Waals surface area contributed by atoms with Crippen molar-refractivity contribution < 1.29 is 0 Å². The SMILES string of the molecule is C#CCc1ccc(-n2ccnc2)cc1. The van der Waals surface area contributed by atoms with Gasteiger partial charge in [-0.15, -0.1) is 12.3 Å². The number of rotatable bonds is 2. The molecule has 2 nitrogen and oxygen atoms in total. The molecule has 1 aromatic heterocycles. The zero-order chi connectivity index (χ0) is 9.80. The lowest BCUT2D eigenvalue weighted by Crippen LogP contribution is -1.90. The first-order chi connectivity index (χ1) is 6.90. The van der Waals surface area contributed by atoms with Gasteiger partial charge in [0.2, 0.25) is 0 Å². The van der Waals surface area contributed by atoms with Gasteiger partial charge in [0, 0.05) is 24.5 Å². The van der Waals surface area contributed by atoms with Crippen molar-refractivity contribution in [2.75, 3.05) is 0 Å². The van der Waals surface area contributed by atoms with Crippen LogP contribution in [-0.2, 0) is 6.42 Å². The molecule has 68 valence electrons. The molecule has 0 fully saturated rings. The Morgan fingerprint density at radius 1 is 1.29 bits per heavy atom. The average Bonchev–Trinajstić information content (AvgIpc) is 2.72. The van der Waals surface area contributed by atoms with Crippen LogP contribution in [0, 0.1) is 12.3 Å². The van der Waals surface area contributed by atoms with Crippen molar-refractivity contribution in [3.63, 3.8) is 0 Å². The Labute approximate surface area is 83.2 Å². The van der Waals surface area contributed by atoms with E-state index >= 15 is 0 Å². The van der Waals surface area contributed by atoms with Gasteiger partial charge in [0.1, 0.15) is 0 Å². The van der Waals surface area contributed by atoms with Gasteiger partial charge in [0.25, 0.3) is 0 Å². The van der Waals surface area contributed by atoms with Gasteiger partial charge in [0.15, 0.2) is 0 Å². The Morgan fingerprint density at radius 3 is 2.64 bits per heavy atom. The number of nitrogens with zero attached hydrogens (tertiary/aromatic N) is 2. The maximum absolute atomic E-state index is 5.23. The second kappa shape index (κ2) is 3.80. The van der Waals surface area contributed by atoms with Crippen LogP contribution in [0.1, 0.15) is 5.56 Å². The summed E-state index contributed by atoms with van der Waals surface area (Å²) in [5.41, 5.74) is 2.26. The summed E-state index contributed by atoms with van der Waals surface area (Å²) < 4.78 is 1.96. The van der Waals surface area contributed by atoms with E-state index in [0.29, 0.717) is 6.42 Å². The summed E-state index contributed by atoms with van der Waals surface area (Å²) in [5.74, 6) is 2.62. The van der Waals surface area contributed by atoms with Gasteiger partial charge in [-0.05, 0) is 17.7 Å². The van der Waals surface area contributed by atoms with Crippen LogP contribution < -0.4 is 0 Å². The summed E-state index contributed by atoms with van der Waals surface area (Å²) in [5, 5.41) is 0. The van der Waals surface area contributed by atoms with Crippen molar-refractivity contribution >= 4 is 0 Å². The second-order valence-electron chi connectivity index (χ2n) is 3.02. The van der Waals surface area contributed by atoms with Crippen LogP contribution in [0.15, 0.2) is 43.0 Å². The van der Waals surface area contributed by atoms with Crippen molar-refractivity contribution in [3.05, 3.63) is 48.5 Å². The second-order valence-corrected chi connectivity index (χ2v) is 3.02. The van der Waals surface area contributed by atoms with Gasteiger partial charge >= 0.3 is 0 Å². The van der Waals surface area contributed by atoms with Gasteiger partial charge in [-0.25, -0.2) is 4.98 Å². The van der Waals surface area contributed by atoms with E-state index in [4.69, 9.17) is 6.42 Å². The Bertz CT molecular complexity index is 432. The summed E-state index contributed by atoms with van der Waals surface area (Å²) >= 11 is 0. The van der Waals surface area contributed by atoms with Crippen molar-refractivity contribution in [1.82, 2.24) is 9.55 Å². The highest BCUT2D eigenvalue weighted by atomic mass is 15.0. The molecule has 2 heteroatoms. The summed E-state index contributed by atoms with van der Waals surface area (Å²) in [7, 11) is 0. The van der Waals surface area contributed by atoms with Gasteiger partial charge in [-0.3, -0.25) is 0 Å². The lowest BCUT2D eigenvalue weighted by molar-refractivity contribution is 1.05. The molecule has 1 aromatic carbocycles. The molecule has 2 rings (SSSR count). The summed E-state index contributed by atoms with van der Waals surface area (Å²) in [4.78, 5) is 3.99. The summed E-state index contributed by atoms with van der Waals surface area (Å²) in [6, 6.07) is 8.15. The smallest absolute Gasteiger partial charge is 0.0991 e. The van der Waals surface area contributed by atoms with E-state index in [9.17, 15) is 0 Å². The molecule has 0 unspecified atom stereocenters. The highest BCUT2D eigenvalue weighted by molar-refractivity contribution is 5.35. The van der Waals surface area contributed by atoms with Crippen molar-refractivity contribution in [1.29, 1.82) is 0 Å². The fraction of sp³-hybridized carbons (Fsp3) is 0.0833.